The third-order valence-electron chi connectivity index (χ3n) is 2.93. The van der Waals surface area contributed by atoms with E-state index in [0.717, 1.165) is 26.2 Å². The van der Waals surface area contributed by atoms with E-state index in [1.807, 2.05) is 0 Å². The summed E-state index contributed by atoms with van der Waals surface area (Å²) in [5, 5.41) is 0. The second-order valence-electron chi connectivity index (χ2n) is 3.83. The Balaban J connectivity index is 2.64. The highest BCUT2D eigenvalue weighted by atomic mass is 15.1. The van der Waals surface area contributed by atoms with Gasteiger partial charge in [-0.1, -0.05) is 44.2 Å². The van der Waals surface area contributed by atoms with Gasteiger partial charge in [0.1, 0.15) is 0 Å². The molecule has 1 unspecified atom stereocenters. The largest absolute Gasteiger partial charge is 0.330 e. The molecule has 0 saturated carbocycles. The molecule has 1 rings (SSSR count). The number of likely N-dealkylation sites (N-methyl/N-ethyl adjacent to an activating group) is 1. The van der Waals surface area contributed by atoms with Crippen molar-refractivity contribution in [1.82, 2.24) is 4.90 Å². The SMILES string of the molecule is CCN(CC)CC(CN)c1ccccc1. The van der Waals surface area contributed by atoms with E-state index in [0.29, 0.717) is 5.92 Å². The molecule has 0 spiro atoms. The number of benzene rings is 1. The summed E-state index contributed by atoms with van der Waals surface area (Å²) < 4.78 is 0. The number of nitrogens with zero attached hydrogens (tertiary/aromatic N) is 1. The minimum atomic E-state index is 0.464. The molecule has 0 heterocycles. The van der Waals surface area contributed by atoms with Crippen LogP contribution in [0.1, 0.15) is 25.3 Å². The van der Waals surface area contributed by atoms with E-state index in [1.54, 1.807) is 0 Å². The standard InChI is InChI=1S/C13H22N2/c1-3-15(4-2)11-13(10-14)12-8-6-5-7-9-12/h5-9,13H,3-4,10-11,14H2,1-2H3. The summed E-state index contributed by atoms with van der Waals surface area (Å²) in [6.07, 6.45) is 0. The Morgan fingerprint density at radius 3 is 2.20 bits per heavy atom. The highest BCUT2D eigenvalue weighted by Gasteiger charge is 2.12. The summed E-state index contributed by atoms with van der Waals surface area (Å²) in [4.78, 5) is 2.42. The van der Waals surface area contributed by atoms with Crippen LogP contribution in [0.25, 0.3) is 0 Å². The average molecular weight is 206 g/mol. The van der Waals surface area contributed by atoms with Gasteiger partial charge in [0.05, 0.1) is 0 Å². The first-order valence-corrected chi connectivity index (χ1v) is 5.79. The van der Waals surface area contributed by atoms with Crippen LogP contribution in [0.2, 0.25) is 0 Å². The van der Waals surface area contributed by atoms with Gasteiger partial charge in [0.25, 0.3) is 0 Å². The zero-order valence-electron chi connectivity index (χ0n) is 9.82. The van der Waals surface area contributed by atoms with Crippen LogP contribution in [0.4, 0.5) is 0 Å². The highest BCUT2D eigenvalue weighted by molar-refractivity contribution is 5.20. The van der Waals surface area contributed by atoms with Crippen LogP contribution in [0.15, 0.2) is 30.3 Å². The molecule has 0 bridgehead atoms. The highest BCUT2D eigenvalue weighted by Crippen LogP contribution is 2.15. The predicted molar refractivity (Wildman–Crippen MR) is 66.0 cm³/mol. The zero-order chi connectivity index (χ0) is 11.1. The van der Waals surface area contributed by atoms with Gasteiger partial charge in [-0.15, -0.1) is 0 Å². The van der Waals surface area contributed by atoms with Gasteiger partial charge in [0.15, 0.2) is 0 Å². The van der Waals surface area contributed by atoms with Gasteiger partial charge in [0, 0.05) is 19.0 Å². The molecule has 2 nitrogen and oxygen atoms in total. The number of hydrogen-bond donors (Lipinski definition) is 1. The van der Waals surface area contributed by atoms with Gasteiger partial charge in [-0.2, -0.15) is 0 Å². The molecular weight excluding hydrogens is 184 g/mol. The van der Waals surface area contributed by atoms with Gasteiger partial charge in [-0.3, -0.25) is 0 Å². The summed E-state index contributed by atoms with van der Waals surface area (Å²) in [5.41, 5.74) is 7.19. The van der Waals surface area contributed by atoms with Crippen molar-refractivity contribution < 1.29 is 0 Å². The quantitative estimate of drug-likeness (QED) is 0.772. The van der Waals surface area contributed by atoms with Crippen molar-refractivity contribution in [3.05, 3.63) is 35.9 Å². The van der Waals surface area contributed by atoms with Crippen molar-refractivity contribution in [2.45, 2.75) is 19.8 Å². The van der Waals surface area contributed by atoms with E-state index in [1.165, 1.54) is 5.56 Å². The molecule has 0 aromatic heterocycles. The average Bonchev–Trinajstić information content (AvgIpc) is 2.32. The molecule has 0 aliphatic rings. The van der Waals surface area contributed by atoms with E-state index < -0.39 is 0 Å². The Morgan fingerprint density at radius 1 is 1.13 bits per heavy atom. The van der Waals surface area contributed by atoms with E-state index in [-0.39, 0.29) is 0 Å². The molecule has 15 heavy (non-hydrogen) atoms. The van der Waals surface area contributed by atoms with Crippen molar-refractivity contribution in [1.29, 1.82) is 0 Å². The summed E-state index contributed by atoms with van der Waals surface area (Å²) in [6.45, 7) is 8.37. The Labute approximate surface area is 93.1 Å². The molecule has 1 atom stereocenters. The van der Waals surface area contributed by atoms with Crippen LogP contribution in [0, 0.1) is 0 Å². The smallest absolute Gasteiger partial charge is 0.00888 e. The fraction of sp³-hybridized carbons (Fsp3) is 0.538. The molecule has 0 fully saturated rings. The van der Waals surface area contributed by atoms with Crippen LogP contribution in [-0.4, -0.2) is 31.1 Å². The van der Waals surface area contributed by atoms with E-state index in [9.17, 15) is 0 Å². The molecule has 0 radical (unpaired) electrons. The lowest BCUT2D eigenvalue weighted by molar-refractivity contribution is 0.284. The monoisotopic (exact) mass is 206 g/mol. The molecule has 84 valence electrons. The third kappa shape index (κ3) is 3.65. The maximum absolute atomic E-state index is 5.84. The normalized spacial score (nSPS) is 13.1. The topological polar surface area (TPSA) is 29.3 Å². The maximum atomic E-state index is 5.84. The van der Waals surface area contributed by atoms with Gasteiger partial charge < -0.3 is 10.6 Å². The third-order valence-corrected chi connectivity index (χ3v) is 2.93. The maximum Gasteiger partial charge on any atom is 0.00888 e. The second kappa shape index (κ2) is 6.59. The Bertz CT molecular complexity index is 254. The van der Waals surface area contributed by atoms with Gasteiger partial charge in [-0.05, 0) is 18.7 Å². The zero-order valence-corrected chi connectivity index (χ0v) is 9.82. The van der Waals surface area contributed by atoms with Crippen LogP contribution in [-0.2, 0) is 0 Å². The summed E-state index contributed by atoms with van der Waals surface area (Å²) in [5.74, 6) is 0.464. The first-order valence-electron chi connectivity index (χ1n) is 5.79. The molecule has 1 aromatic carbocycles. The van der Waals surface area contributed by atoms with Crippen molar-refractivity contribution in [2.75, 3.05) is 26.2 Å². The molecule has 0 aliphatic heterocycles. The van der Waals surface area contributed by atoms with Crippen LogP contribution in [0.5, 0.6) is 0 Å². The van der Waals surface area contributed by atoms with Gasteiger partial charge >= 0.3 is 0 Å². The Hall–Kier alpha value is -0.860. The van der Waals surface area contributed by atoms with Crippen molar-refractivity contribution in [3.63, 3.8) is 0 Å². The first kappa shape index (κ1) is 12.2. The van der Waals surface area contributed by atoms with Gasteiger partial charge in [-0.25, -0.2) is 0 Å². The fourth-order valence-electron chi connectivity index (χ4n) is 1.83. The molecule has 1 aromatic rings. The number of rotatable bonds is 6. The molecule has 2 N–H and O–H groups in total. The summed E-state index contributed by atoms with van der Waals surface area (Å²) in [7, 11) is 0. The Kier molecular flexibility index (Phi) is 5.37. The van der Waals surface area contributed by atoms with Crippen molar-refractivity contribution in [2.24, 2.45) is 5.73 Å². The van der Waals surface area contributed by atoms with Crippen LogP contribution < -0.4 is 5.73 Å². The number of nitrogens with two attached hydrogens (primary N) is 1. The van der Waals surface area contributed by atoms with Crippen LogP contribution in [0.3, 0.4) is 0 Å². The minimum Gasteiger partial charge on any atom is -0.330 e. The lowest BCUT2D eigenvalue weighted by Gasteiger charge is -2.24. The van der Waals surface area contributed by atoms with E-state index >= 15 is 0 Å². The minimum absolute atomic E-state index is 0.464. The van der Waals surface area contributed by atoms with Crippen molar-refractivity contribution in [3.8, 4) is 0 Å². The van der Waals surface area contributed by atoms with E-state index in [4.69, 9.17) is 5.73 Å². The van der Waals surface area contributed by atoms with E-state index in [2.05, 4.69) is 49.1 Å². The summed E-state index contributed by atoms with van der Waals surface area (Å²) in [6, 6.07) is 10.6. The van der Waals surface area contributed by atoms with Crippen molar-refractivity contribution >= 4 is 0 Å². The van der Waals surface area contributed by atoms with Crippen LogP contribution >= 0.6 is 0 Å². The molecular formula is C13H22N2. The summed E-state index contributed by atoms with van der Waals surface area (Å²) >= 11 is 0. The molecule has 2 heteroatoms. The molecule has 0 saturated heterocycles. The lowest BCUT2D eigenvalue weighted by Crippen LogP contribution is -2.31. The first-order chi connectivity index (χ1) is 7.31. The number of hydrogen-bond acceptors (Lipinski definition) is 2. The molecule has 0 amide bonds. The fourth-order valence-corrected chi connectivity index (χ4v) is 1.83. The Morgan fingerprint density at radius 2 is 1.73 bits per heavy atom. The lowest BCUT2D eigenvalue weighted by atomic mass is 9.99. The second-order valence-corrected chi connectivity index (χ2v) is 3.83. The molecule has 0 aliphatic carbocycles. The predicted octanol–water partition coefficient (Wildman–Crippen LogP) is 2.07. The van der Waals surface area contributed by atoms with Gasteiger partial charge in [0.2, 0.25) is 0 Å².